The molecule has 9 heteroatoms. The van der Waals surface area contributed by atoms with Gasteiger partial charge in [0, 0.05) is 37.9 Å². The number of ether oxygens (including phenoxy) is 2. The third-order valence-electron chi connectivity index (χ3n) is 5.37. The largest absolute Gasteiger partial charge is 0.493 e. The van der Waals surface area contributed by atoms with Crippen molar-refractivity contribution in [3.8, 4) is 28.8 Å². The van der Waals surface area contributed by atoms with Crippen LogP contribution in [-0.2, 0) is 0 Å². The molecule has 1 aliphatic heterocycles. The Labute approximate surface area is 191 Å². The molecule has 2 aromatic heterocycles. The van der Waals surface area contributed by atoms with Crippen LogP contribution in [0.2, 0.25) is 0 Å². The van der Waals surface area contributed by atoms with Crippen LogP contribution >= 0.6 is 11.8 Å². The molecular weight excluding hydrogens is 424 g/mol. The highest BCUT2D eigenvalue weighted by molar-refractivity contribution is 7.98. The van der Waals surface area contributed by atoms with Crippen LogP contribution in [0.3, 0.4) is 0 Å². The van der Waals surface area contributed by atoms with E-state index in [1.807, 2.05) is 42.7 Å². The number of rotatable bonds is 6. The highest BCUT2D eigenvalue weighted by Gasteiger charge is 2.25. The fraction of sp³-hybridized carbons (Fsp3) is 0.304. The number of nitrogens with zero attached hydrogens (tertiary/aromatic N) is 6. The molecule has 0 aliphatic carbocycles. The summed E-state index contributed by atoms with van der Waals surface area (Å²) in [4.78, 5) is 18.2. The number of hydrogen-bond donors (Lipinski definition) is 0. The van der Waals surface area contributed by atoms with E-state index in [-0.39, 0.29) is 0 Å². The molecule has 1 aromatic carbocycles. The average Bonchev–Trinajstić information content (AvgIpc) is 2.88. The van der Waals surface area contributed by atoms with Crippen molar-refractivity contribution in [2.45, 2.75) is 5.16 Å². The van der Waals surface area contributed by atoms with Crippen molar-refractivity contribution in [3.63, 3.8) is 0 Å². The Bertz CT molecular complexity index is 1130. The second-order valence-electron chi connectivity index (χ2n) is 7.10. The van der Waals surface area contributed by atoms with Crippen molar-refractivity contribution in [1.82, 2.24) is 15.0 Å². The second-order valence-corrected chi connectivity index (χ2v) is 7.87. The van der Waals surface area contributed by atoms with Gasteiger partial charge in [0.25, 0.3) is 0 Å². The van der Waals surface area contributed by atoms with Gasteiger partial charge in [-0.05, 0) is 36.6 Å². The van der Waals surface area contributed by atoms with Crippen LogP contribution in [0.15, 0.2) is 47.8 Å². The molecule has 3 aromatic rings. The van der Waals surface area contributed by atoms with E-state index in [1.54, 1.807) is 20.4 Å². The van der Waals surface area contributed by atoms with E-state index < -0.39 is 0 Å². The molecule has 1 saturated heterocycles. The standard InChI is InChI=1S/C23H24N6O2S/c1-30-18-8-7-16(14-19(18)31-2)21-17(15-24)22(27-23(26-21)32-3)29-12-10-28(11-13-29)20-6-4-5-9-25-20/h4-9,14H,10-13H2,1-3H3. The minimum absolute atomic E-state index is 0.460. The summed E-state index contributed by atoms with van der Waals surface area (Å²) in [5.74, 6) is 2.84. The second kappa shape index (κ2) is 9.75. The Balaban J connectivity index is 1.69. The van der Waals surface area contributed by atoms with Crippen LogP contribution in [0.25, 0.3) is 11.3 Å². The number of piperazine rings is 1. The molecule has 4 rings (SSSR count). The molecule has 0 atom stereocenters. The number of methoxy groups -OCH3 is 2. The van der Waals surface area contributed by atoms with E-state index in [4.69, 9.17) is 14.5 Å². The van der Waals surface area contributed by atoms with Gasteiger partial charge in [-0.1, -0.05) is 17.8 Å². The summed E-state index contributed by atoms with van der Waals surface area (Å²) < 4.78 is 10.8. The van der Waals surface area contributed by atoms with E-state index in [1.165, 1.54) is 11.8 Å². The molecule has 1 fully saturated rings. The van der Waals surface area contributed by atoms with Crippen LogP contribution in [0.1, 0.15) is 5.56 Å². The van der Waals surface area contributed by atoms with E-state index in [9.17, 15) is 5.26 Å². The molecule has 0 radical (unpaired) electrons. The smallest absolute Gasteiger partial charge is 0.189 e. The molecule has 0 spiro atoms. The van der Waals surface area contributed by atoms with Crippen molar-refractivity contribution in [2.24, 2.45) is 0 Å². The lowest BCUT2D eigenvalue weighted by Crippen LogP contribution is -2.47. The molecular formula is C23H24N6O2S. The molecule has 0 bridgehead atoms. The maximum Gasteiger partial charge on any atom is 0.189 e. The molecule has 0 N–H and O–H groups in total. The van der Waals surface area contributed by atoms with Gasteiger partial charge in [0.05, 0.1) is 19.9 Å². The van der Waals surface area contributed by atoms with Gasteiger partial charge in [0.15, 0.2) is 22.5 Å². The lowest BCUT2D eigenvalue weighted by molar-refractivity contribution is 0.355. The SMILES string of the molecule is COc1ccc(-c2nc(SC)nc(N3CCN(c4ccccn4)CC3)c2C#N)cc1OC. The molecule has 8 nitrogen and oxygen atoms in total. The highest BCUT2D eigenvalue weighted by atomic mass is 32.2. The maximum absolute atomic E-state index is 10.1. The molecule has 0 amide bonds. The summed E-state index contributed by atoms with van der Waals surface area (Å²) in [6, 6.07) is 13.8. The Morgan fingerprint density at radius 1 is 0.969 bits per heavy atom. The minimum Gasteiger partial charge on any atom is -0.493 e. The zero-order valence-electron chi connectivity index (χ0n) is 18.3. The lowest BCUT2D eigenvalue weighted by Gasteiger charge is -2.36. The Morgan fingerprint density at radius 3 is 2.34 bits per heavy atom. The van der Waals surface area contributed by atoms with E-state index in [0.29, 0.717) is 33.7 Å². The van der Waals surface area contributed by atoms with Gasteiger partial charge in [-0.3, -0.25) is 0 Å². The molecule has 0 saturated carbocycles. The van der Waals surface area contributed by atoms with Crippen LogP contribution in [0.5, 0.6) is 11.5 Å². The summed E-state index contributed by atoms with van der Waals surface area (Å²) in [5, 5.41) is 10.7. The number of thioether (sulfide) groups is 1. The normalized spacial score (nSPS) is 13.6. The highest BCUT2D eigenvalue weighted by Crippen LogP contribution is 2.36. The predicted octanol–water partition coefficient (Wildman–Crippen LogP) is 3.48. The number of anilines is 2. The fourth-order valence-corrected chi connectivity index (χ4v) is 4.09. The summed E-state index contributed by atoms with van der Waals surface area (Å²) >= 11 is 1.46. The first-order valence-electron chi connectivity index (χ1n) is 10.2. The van der Waals surface area contributed by atoms with Crippen molar-refractivity contribution in [2.75, 3.05) is 56.5 Å². The molecule has 1 aliphatic rings. The minimum atomic E-state index is 0.460. The van der Waals surface area contributed by atoms with Crippen molar-refractivity contribution in [3.05, 3.63) is 48.2 Å². The van der Waals surface area contributed by atoms with Crippen molar-refractivity contribution < 1.29 is 9.47 Å². The van der Waals surface area contributed by atoms with Gasteiger partial charge >= 0.3 is 0 Å². The van der Waals surface area contributed by atoms with Crippen LogP contribution in [-0.4, -0.2) is 61.6 Å². The summed E-state index contributed by atoms with van der Waals surface area (Å²) in [6.45, 7) is 3.07. The zero-order chi connectivity index (χ0) is 22.5. The van der Waals surface area contributed by atoms with Gasteiger partial charge in [-0.2, -0.15) is 5.26 Å². The van der Waals surface area contributed by atoms with E-state index in [2.05, 4.69) is 25.8 Å². The third kappa shape index (κ3) is 4.27. The average molecular weight is 449 g/mol. The van der Waals surface area contributed by atoms with E-state index >= 15 is 0 Å². The Hall–Kier alpha value is -3.51. The molecule has 0 unspecified atom stereocenters. The van der Waals surface area contributed by atoms with Crippen LogP contribution < -0.4 is 19.3 Å². The van der Waals surface area contributed by atoms with Crippen molar-refractivity contribution in [1.29, 1.82) is 5.26 Å². The van der Waals surface area contributed by atoms with Crippen LogP contribution in [0, 0.1) is 11.3 Å². The van der Waals surface area contributed by atoms with Gasteiger partial charge < -0.3 is 19.3 Å². The van der Waals surface area contributed by atoms with E-state index in [0.717, 1.165) is 37.6 Å². The Morgan fingerprint density at radius 2 is 1.72 bits per heavy atom. The zero-order valence-corrected chi connectivity index (χ0v) is 19.1. The predicted molar refractivity (Wildman–Crippen MR) is 126 cm³/mol. The number of aromatic nitrogens is 3. The molecule has 32 heavy (non-hydrogen) atoms. The molecule has 164 valence electrons. The van der Waals surface area contributed by atoms with Crippen molar-refractivity contribution >= 4 is 23.4 Å². The first-order chi connectivity index (χ1) is 15.7. The summed E-state index contributed by atoms with van der Waals surface area (Å²) in [6.07, 6.45) is 3.74. The van der Waals surface area contributed by atoms with Gasteiger partial charge in [0.2, 0.25) is 0 Å². The van der Waals surface area contributed by atoms with Gasteiger partial charge in [-0.25, -0.2) is 15.0 Å². The summed E-state index contributed by atoms with van der Waals surface area (Å²) in [5.41, 5.74) is 1.83. The monoisotopic (exact) mass is 448 g/mol. The Kier molecular flexibility index (Phi) is 6.61. The van der Waals surface area contributed by atoms with Gasteiger partial charge in [0.1, 0.15) is 17.5 Å². The number of benzene rings is 1. The first kappa shape index (κ1) is 21.7. The number of nitriles is 1. The third-order valence-corrected chi connectivity index (χ3v) is 5.92. The fourth-order valence-electron chi connectivity index (χ4n) is 3.73. The molecule has 3 heterocycles. The lowest BCUT2D eigenvalue weighted by atomic mass is 10.1. The van der Waals surface area contributed by atoms with Gasteiger partial charge in [-0.15, -0.1) is 0 Å². The topological polar surface area (TPSA) is 87.4 Å². The quantitative estimate of drug-likeness (QED) is 0.415. The summed E-state index contributed by atoms with van der Waals surface area (Å²) in [7, 11) is 3.18. The van der Waals surface area contributed by atoms with Crippen LogP contribution in [0.4, 0.5) is 11.6 Å². The maximum atomic E-state index is 10.1. The number of pyridine rings is 1. The first-order valence-corrected chi connectivity index (χ1v) is 11.4. The number of hydrogen-bond acceptors (Lipinski definition) is 9.